The molecular formula is C28H20F3N3O5S. The summed E-state index contributed by atoms with van der Waals surface area (Å²) >= 11 is 1.27. The molecule has 0 fully saturated rings. The summed E-state index contributed by atoms with van der Waals surface area (Å²) < 4.78 is 55.8. The average Bonchev–Trinajstić information content (AvgIpc) is 3.61. The topological polar surface area (TPSA) is 104 Å². The summed E-state index contributed by atoms with van der Waals surface area (Å²) in [7, 11) is 1.23. The van der Waals surface area contributed by atoms with Crippen LogP contribution in [0.25, 0.3) is 20.8 Å². The van der Waals surface area contributed by atoms with Gasteiger partial charge in [0.15, 0.2) is 17.5 Å². The number of esters is 1. The number of carbonyl (C=O) groups excluding carboxylic acids is 2. The maximum Gasteiger partial charge on any atom is 0.416 e. The molecule has 8 nitrogen and oxygen atoms in total. The fourth-order valence-electron chi connectivity index (χ4n) is 3.84. The first-order chi connectivity index (χ1) is 19.2. The van der Waals surface area contributed by atoms with Crippen molar-refractivity contribution in [3.05, 3.63) is 101 Å². The largest absolute Gasteiger partial charge is 0.485 e. The predicted octanol–water partition coefficient (Wildman–Crippen LogP) is 6.19. The molecule has 1 amide bonds. The number of rotatable bonds is 8. The Morgan fingerprint density at radius 3 is 2.58 bits per heavy atom. The fourth-order valence-corrected chi connectivity index (χ4v) is 4.78. The summed E-state index contributed by atoms with van der Waals surface area (Å²) in [5.41, 5.74) is 0.678. The van der Waals surface area contributed by atoms with Crippen LogP contribution < -0.4 is 10.1 Å². The SMILES string of the molecule is COC(=O)[C@@H](NC(=O)c1cc(COc2ccc3sc(-c4cccc(C(F)(F)F)c4)nc3c2)on1)c1ccccc1. The van der Waals surface area contributed by atoms with Gasteiger partial charge >= 0.3 is 12.1 Å². The van der Waals surface area contributed by atoms with Gasteiger partial charge in [-0.3, -0.25) is 4.79 Å². The van der Waals surface area contributed by atoms with Crippen molar-refractivity contribution < 1.29 is 36.8 Å². The van der Waals surface area contributed by atoms with Crippen molar-refractivity contribution in [3.63, 3.8) is 0 Å². The number of nitrogens with zero attached hydrogens (tertiary/aromatic N) is 2. The van der Waals surface area contributed by atoms with Gasteiger partial charge in [0.2, 0.25) is 0 Å². The monoisotopic (exact) mass is 567 g/mol. The summed E-state index contributed by atoms with van der Waals surface area (Å²) in [6, 6.07) is 19.1. The van der Waals surface area contributed by atoms with Gasteiger partial charge in [-0.1, -0.05) is 47.6 Å². The molecule has 0 spiro atoms. The van der Waals surface area contributed by atoms with Crippen molar-refractivity contribution in [2.24, 2.45) is 0 Å². The van der Waals surface area contributed by atoms with Crippen LogP contribution in [-0.2, 0) is 22.3 Å². The van der Waals surface area contributed by atoms with Gasteiger partial charge in [-0.2, -0.15) is 13.2 Å². The predicted molar refractivity (Wildman–Crippen MR) is 140 cm³/mol. The van der Waals surface area contributed by atoms with E-state index in [2.05, 4.69) is 15.5 Å². The highest BCUT2D eigenvalue weighted by Gasteiger charge is 2.30. The van der Waals surface area contributed by atoms with Crippen LogP contribution in [-0.4, -0.2) is 29.1 Å². The van der Waals surface area contributed by atoms with E-state index in [0.29, 0.717) is 27.4 Å². The lowest BCUT2D eigenvalue weighted by Crippen LogP contribution is -2.34. The highest BCUT2D eigenvalue weighted by Crippen LogP contribution is 2.36. The van der Waals surface area contributed by atoms with Crippen molar-refractivity contribution in [1.82, 2.24) is 15.5 Å². The lowest BCUT2D eigenvalue weighted by molar-refractivity contribution is -0.143. The van der Waals surface area contributed by atoms with E-state index in [-0.39, 0.29) is 18.1 Å². The molecule has 2 aromatic heterocycles. The third-order valence-corrected chi connectivity index (χ3v) is 6.90. The second-order valence-corrected chi connectivity index (χ2v) is 9.57. The van der Waals surface area contributed by atoms with Gasteiger partial charge in [-0.15, -0.1) is 11.3 Å². The van der Waals surface area contributed by atoms with Gasteiger partial charge in [0, 0.05) is 17.7 Å². The van der Waals surface area contributed by atoms with Gasteiger partial charge in [0.05, 0.1) is 22.9 Å². The molecular weight excluding hydrogens is 547 g/mol. The van der Waals surface area contributed by atoms with Crippen LogP contribution in [0, 0.1) is 0 Å². The number of fused-ring (bicyclic) bond motifs is 1. The molecule has 3 aromatic carbocycles. The van der Waals surface area contributed by atoms with Gasteiger partial charge in [-0.05, 0) is 29.8 Å². The number of thiazole rings is 1. The van der Waals surface area contributed by atoms with E-state index in [0.717, 1.165) is 16.8 Å². The minimum atomic E-state index is -4.44. The van der Waals surface area contributed by atoms with E-state index in [1.54, 1.807) is 54.6 Å². The van der Waals surface area contributed by atoms with Gasteiger partial charge < -0.3 is 19.3 Å². The van der Waals surface area contributed by atoms with E-state index in [4.69, 9.17) is 14.0 Å². The number of ether oxygens (including phenoxy) is 2. The Morgan fingerprint density at radius 2 is 1.82 bits per heavy atom. The Bertz CT molecular complexity index is 1670. The summed E-state index contributed by atoms with van der Waals surface area (Å²) in [5, 5.41) is 6.80. The summed E-state index contributed by atoms with van der Waals surface area (Å²) in [6.07, 6.45) is -4.44. The number of halogens is 3. The number of hydrogen-bond donors (Lipinski definition) is 1. The lowest BCUT2D eigenvalue weighted by Gasteiger charge is -2.15. The molecule has 5 rings (SSSR count). The number of nitrogens with one attached hydrogen (secondary N) is 1. The summed E-state index contributed by atoms with van der Waals surface area (Å²) in [5.74, 6) is -0.589. The number of methoxy groups -OCH3 is 1. The molecule has 0 aliphatic rings. The number of aromatic nitrogens is 2. The molecule has 2 heterocycles. The number of hydrogen-bond acceptors (Lipinski definition) is 8. The van der Waals surface area contributed by atoms with Crippen molar-refractivity contribution in [1.29, 1.82) is 0 Å². The minimum absolute atomic E-state index is 0.0517. The molecule has 0 aliphatic carbocycles. The van der Waals surface area contributed by atoms with Crippen LogP contribution in [0.1, 0.15) is 33.4 Å². The zero-order valence-corrected chi connectivity index (χ0v) is 21.6. The molecule has 0 saturated carbocycles. The Kier molecular flexibility index (Phi) is 7.52. The number of benzene rings is 3. The van der Waals surface area contributed by atoms with Gasteiger partial charge in [0.25, 0.3) is 5.91 Å². The van der Waals surface area contributed by atoms with Crippen LogP contribution in [0.4, 0.5) is 13.2 Å². The zero-order chi connectivity index (χ0) is 28.3. The maximum absolute atomic E-state index is 13.1. The van der Waals surface area contributed by atoms with E-state index in [1.165, 1.54) is 30.6 Å². The molecule has 0 aliphatic heterocycles. The Balaban J connectivity index is 1.25. The number of alkyl halides is 3. The molecule has 0 bridgehead atoms. The molecule has 12 heteroatoms. The second kappa shape index (κ2) is 11.2. The van der Waals surface area contributed by atoms with E-state index >= 15 is 0 Å². The van der Waals surface area contributed by atoms with Gasteiger partial charge in [0.1, 0.15) is 17.4 Å². The van der Waals surface area contributed by atoms with Gasteiger partial charge in [-0.25, -0.2) is 9.78 Å². The average molecular weight is 568 g/mol. The molecule has 40 heavy (non-hydrogen) atoms. The van der Waals surface area contributed by atoms with Crippen LogP contribution in [0.2, 0.25) is 0 Å². The zero-order valence-electron chi connectivity index (χ0n) is 20.8. The lowest BCUT2D eigenvalue weighted by atomic mass is 10.1. The third kappa shape index (κ3) is 5.96. The molecule has 0 unspecified atom stereocenters. The van der Waals surface area contributed by atoms with E-state index in [9.17, 15) is 22.8 Å². The summed E-state index contributed by atoms with van der Waals surface area (Å²) in [4.78, 5) is 29.4. The third-order valence-electron chi connectivity index (χ3n) is 5.81. The van der Waals surface area contributed by atoms with E-state index in [1.807, 2.05) is 0 Å². The standard InChI is InChI=1S/C28H20F3N3O5S/c1-37-27(36)24(16-6-3-2-4-7-16)33-25(35)22-14-20(39-34-22)15-38-19-10-11-23-21(13-19)32-26(40-23)17-8-5-9-18(12-17)28(29,30)31/h2-14,24H,15H2,1H3,(H,33,35)/t24-/m0/s1. The van der Waals surface area contributed by atoms with Crippen LogP contribution in [0.15, 0.2) is 83.4 Å². The highest BCUT2D eigenvalue weighted by atomic mass is 32.1. The normalized spacial score (nSPS) is 12.2. The first-order valence-electron chi connectivity index (χ1n) is 11.8. The first-order valence-corrected chi connectivity index (χ1v) is 12.6. The Morgan fingerprint density at radius 1 is 1.02 bits per heavy atom. The van der Waals surface area contributed by atoms with Crippen molar-refractivity contribution in [2.45, 2.75) is 18.8 Å². The smallest absolute Gasteiger partial charge is 0.416 e. The second-order valence-electron chi connectivity index (χ2n) is 8.53. The molecule has 0 saturated heterocycles. The molecule has 1 N–H and O–H groups in total. The first kappa shape index (κ1) is 26.9. The minimum Gasteiger partial charge on any atom is -0.485 e. The van der Waals surface area contributed by atoms with Crippen LogP contribution in [0.3, 0.4) is 0 Å². The quantitative estimate of drug-likeness (QED) is 0.223. The van der Waals surface area contributed by atoms with Crippen LogP contribution in [0.5, 0.6) is 5.75 Å². The number of amides is 1. The number of carbonyl (C=O) groups is 2. The highest BCUT2D eigenvalue weighted by molar-refractivity contribution is 7.21. The molecule has 204 valence electrons. The van der Waals surface area contributed by atoms with Crippen LogP contribution >= 0.6 is 11.3 Å². The van der Waals surface area contributed by atoms with Crippen molar-refractivity contribution in [3.8, 4) is 16.3 Å². The molecule has 5 aromatic rings. The fraction of sp³-hybridized carbons (Fsp3) is 0.143. The maximum atomic E-state index is 13.1. The van der Waals surface area contributed by atoms with Crippen molar-refractivity contribution in [2.75, 3.05) is 7.11 Å². The van der Waals surface area contributed by atoms with Crippen molar-refractivity contribution >= 4 is 33.4 Å². The van der Waals surface area contributed by atoms with E-state index < -0.39 is 29.7 Å². The Labute approximate surface area is 229 Å². The Hall–Kier alpha value is -4.71. The molecule has 0 radical (unpaired) electrons. The molecule has 1 atom stereocenters. The summed E-state index contributed by atoms with van der Waals surface area (Å²) in [6.45, 7) is -0.0600.